The fraction of sp³-hybridized carbons (Fsp3) is 0.125. The largest absolute Gasteiger partial charge is 0.350 e. The summed E-state index contributed by atoms with van der Waals surface area (Å²) < 4.78 is 1.04. The number of aromatic amines is 1. The van der Waals surface area contributed by atoms with Crippen molar-refractivity contribution < 1.29 is 4.92 Å². The van der Waals surface area contributed by atoms with E-state index in [1.165, 1.54) is 11.3 Å². The van der Waals surface area contributed by atoms with Gasteiger partial charge in [0.05, 0.1) is 28.9 Å². The molecule has 9 heteroatoms. The molecule has 1 N–H and O–H groups in total. The molecule has 2 aromatic rings. The minimum Gasteiger partial charge on any atom is -0.288 e. The lowest BCUT2D eigenvalue weighted by atomic mass is 10.4. The Hall–Kier alpha value is -2.29. The zero-order valence-corrected chi connectivity index (χ0v) is 9.14. The van der Waals surface area contributed by atoms with Crippen molar-refractivity contribution in [1.29, 1.82) is 0 Å². The zero-order valence-electron chi connectivity index (χ0n) is 8.32. The van der Waals surface area contributed by atoms with E-state index in [0.29, 0.717) is 5.69 Å². The first kappa shape index (κ1) is 11.2. The van der Waals surface area contributed by atoms with E-state index in [1.54, 1.807) is 10.9 Å². The molecule has 2 heterocycles. The summed E-state index contributed by atoms with van der Waals surface area (Å²) in [7, 11) is 0. The van der Waals surface area contributed by atoms with Gasteiger partial charge >= 0.3 is 16.9 Å². The van der Waals surface area contributed by atoms with Crippen LogP contribution in [0.3, 0.4) is 0 Å². The highest BCUT2D eigenvalue weighted by atomic mass is 32.1. The maximum atomic E-state index is 11.4. The second-order valence-electron chi connectivity index (χ2n) is 3.14. The van der Waals surface area contributed by atoms with Gasteiger partial charge in [-0.3, -0.25) is 24.5 Å². The van der Waals surface area contributed by atoms with E-state index in [9.17, 15) is 19.7 Å². The van der Waals surface area contributed by atoms with Crippen molar-refractivity contribution >= 4 is 17.0 Å². The van der Waals surface area contributed by atoms with Gasteiger partial charge in [-0.1, -0.05) is 0 Å². The number of aromatic nitrogens is 3. The summed E-state index contributed by atoms with van der Waals surface area (Å²) in [5.41, 5.74) is -0.193. The zero-order chi connectivity index (χ0) is 12.4. The lowest BCUT2D eigenvalue weighted by molar-refractivity contribution is -0.386. The van der Waals surface area contributed by atoms with Crippen LogP contribution in [0.2, 0.25) is 0 Å². The first-order valence-electron chi connectivity index (χ1n) is 4.43. The first-order chi connectivity index (χ1) is 8.08. The Bertz CT molecular complexity index is 657. The molecule has 0 saturated heterocycles. The predicted molar refractivity (Wildman–Crippen MR) is 59.2 cm³/mol. The van der Waals surface area contributed by atoms with Crippen LogP contribution in [-0.2, 0) is 6.54 Å². The normalized spacial score (nSPS) is 10.4. The molecule has 0 unspecified atom stereocenters. The van der Waals surface area contributed by atoms with Crippen LogP contribution >= 0.6 is 11.3 Å². The van der Waals surface area contributed by atoms with Gasteiger partial charge in [-0.15, -0.1) is 11.3 Å². The number of H-pyrrole nitrogens is 1. The molecule has 0 saturated carbocycles. The van der Waals surface area contributed by atoms with Crippen molar-refractivity contribution in [3.63, 3.8) is 0 Å². The number of hydrogen-bond acceptors (Lipinski definition) is 6. The van der Waals surface area contributed by atoms with Crippen LogP contribution in [0.5, 0.6) is 0 Å². The Morgan fingerprint density at radius 3 is 2.88 bits per heavy atom. The van der Waals surface area contributed by atoms with E-state index >= 15 is 0 Å². The molecule has 0 fully saturated rings. The molecule has 0 radical (unpaired) electrons. The predicted octanol–water partition coefficient (Wildman–Crippen LogP) is -0.0504. The number of nitrogens with one attached hydrogen (secondary N) is 1. The third-order valence-electron chi connectivity index (χ3n) is 2.00. The highest BCUT2D eigenvalue weighted by molar-refractivity contribution is 7.07. The van der Waals surface area contributed by atoms with Crippen LogP contribution < -0.4 is 11.2 Å². The highest BCUT2D eigenvalue weighted by Crippen LogP contribution is 2.04. The van der Waals surface area contributed by atoms with Gasteiger partial charge in [-0.2, -0.15) is 0 Å². The van der Waals surface area contributed by atoms with Gasteiger partial charge in [0.15, 0.2) is 0 Å². The molecule has 2 rings (SSSR count). The fourth-order valence-corrected chi connectivity index (χ4v) is 1.79. The van der Waals surface area contributed by atoms with Crippen molar-refractivity contribution in [2.24, 2.45) is 0 Å². The Morgan fingerprint density at radius 1 is 1.53 bits per heavy atom. The lowest BCUT2D eigenvalue weighted by Gasteiger charge is -2.01. The molecular weight excluding hydrogens is 248 g/mol. The van der Waals surface area contributed by atoms with E-state index in [2.05, 4.69) is 4.98 Å². The summed E-state index contributed by atoms with van der Waals surface area (Å²) in [5.74, 6) is 0. The summed E-state index contributed by atoms with van der Waals surface area (Å²) in [6.07, 6.45) is 0.917. The Balaban J connectivity index is 2.47. The SMILES string of the molecule is O=c1[nH]c(=O)n(Cc2cscn2)cc1[N+](=O)[O-]. The summed E-state index contributed by atoms with van der Waals surface area (Å²) >= 11 is 1.35. The monoisotopic (exact) mass is 254 g/mol. The molecule has 0 aliphatic heterocycles. The summed E-state index contributed by atoms with van der Waals surface area (Å²) in [6.45, 7) is 0.0833. The second-order valence-corrected chi connectivity index (χ2v) is 3.86. The van der Waals surface area contributed by atoms with Crippen LogP contribution in [0.1, 0.15) is 5.69 Å². The van der Waals surface area contributed by atoms with Crippen LogP contribution in [0.25, 0.3) is 0 Å². The highest BCUT2D eigenvalue weighted by Gasteiger charge is 2.15. The number of hydrogen-bond donors (Lipinski definition) is 1. The van der Waals surface area contributed by atoms with Crippen LogP contribution in [0.4, 0.5) is 5.69 Å². The van der Waals surface area contributed by atoms with Gasteiger partial charge in [-0.25, -0.2) is 9.78 Å². The summed E-state index contributed by atoms with van der Waals surface area (Å²) in [5, 5.41) is 12.3. The molecule has 0 amide bonds. The van der Waals surface area contributed by atoms with Gasteiger partial charge in [-0.05, 0) is 0 Å². The molecule has 0 aliphatic carbocycles. The molecule has 0 aliphatic rings. The van der Waals surface area contributed by atoms with Crippen molar-refractivity contribution in [3.8, 4) is 0 Å². The average Bonchev–Trinajstić information content (AvgIpc) is 2.74. The van der Waals surface area contributed by atoms with E-state index in [0.717, 1.165) is 10.8 Å². The fourth-order valence-electron chi connectivity index (χ4n) is 1.24. The summed E-state index contributed by atoms with van der Waals surface area (Å²) in [4.78, 5) is 38.1. The van der Waals surface area contributed by atoms with E-state index in [4.69, 9.17) is 0 Å². The number of nitro groups is 1. The van der Waals surface area contributed by atoms with Crippen LogP contribution in [0.15, 0.2) is 26.7 Å². The van der Waals surface area contributed by atoms with Crippen molar-refractivity contribution in [1.82, 2.24) is 14.5 Å². The van der Waals surface area contributed by atoms with Gasteiger partial charge in [0.1, 0.15) is 0 Å². The summed E-state index contributed by atoms with van der Waals surface area (Å²) in [6, 6.07) is 0. The molecule has 0 atom stereocenters. The molecule has 17 heavy (non-hydrogen) atoms. The second kappa shape index (κ2) is 4.29. The van der Waals surface area contributed by atoms with Gasteiger partial charge in [0, 0.05) is 5.38 Å². The van der Waals surface area contributed by atoms with Gasteiger partial charge in [0.2, 0.25) is 0 Å². The standard InChI is InChI=1S/C8H6N4O4S/c13-7-6(12(15)16)2-11(8(14)10-7)1-5-3-17-4-9-5/h2-4H,1H2,(H,10,13,14). The maximum Gasteiger partial charge on any atom is 0.350 e. The smallest absolute Gasteiger partial charge is 0.288 e. The third kappa shape index (κ3) is 2.28. The lowest BCUT2D eigenvalue weighted by Crippen LogP contribution is -2.31. The molecule has 8 nitrogen and oxygen atoms in total. The third-order valence-corrected chi connectivity index (χ3v) is 2.64. The Morgan fingerprint density at radius 2 is 2.29 bits per heavy atom. The Labute approximate surface area is 97.3 Å². The molecule has 2 aromatic heterocycles. The minimum absolute atomic E-state index is 0.0833. The minimum atomic E-state index is -1.01. The first-order valence-corrected chi connectivity index (χ1v) is 5.37. The van der Waals surface area contributed by atoms with E-state index in [-0.39, 0.29) is 6.54 Å². The molecule has 0 bridgehead atoms. The molecule has 88 valence electrons. The molecular formula is C8H6N4O4S. The van der Waals surface area contributed by atoms with Crippen molar-refractivity contribution in [2.45, 2.75) is 6.54 Å². The quantitative estimate of drug-likeness (QED) is 0.609. The van der Waals surface area contributed by atoms with E-state index in [1.807, 2.05) is 4.98 Å². The Kier molecular flexibility index (Phi) is 2.83. The van der Waals surface area contributed by atoms with E-state index < -0.39 is 21.9 Å². The van der Waals surface area contributed by atoms with Crippen molar-refractivity contribution in [3.05, 3.63) is 53.7 Å². The number of rotatable bonds is 3. The topological polar surface area (TPSA) is 111 Å². The number of nitrogens with zero attached hydrogens (tertiary/aromatic N) is 3. The maximum absolute atomic E-state index is 11.4. The average molecular weight is 254 g/mol. The number of thiazole rings is 1. The van der Waals surface area contributed by atoms with Gasteiger partial charge < -0.3 is 0 Å². The van der Waals surface area contributed by atoms with Gasteiger partial charge in [0.25, 0.3) is 0 Å². The molecule has 0 aromatic carbocycles. The van der Waals surface area contributed by atoms with Crippen LogP contribution in [0, 0.1) is 10.1 Å². The molecule has 0 spiro atoms. The van der Waals surface area contributed by atoms with Crippen molar-refractivity contribution in [2.75, 3.05) is 0 Å². The van der Waals surface area contributed by atoms with Crippen LogP contribution in [-0.4, -0.2) is 19.5 Å².